The van der Waals surface area contributed by atoms with Crippen LogP contribution in [0.15, 0.2) is 11.4 Å². The van der Waals surface area contributed by atoms with Gasteiger partial charge in [0, 0.05) is 11.4 Å². The Labute approximate surface area is 105 Å². The minimum absolute atomic E-state index is 0.154. The Morgan fingerprint density at radius 3 is 2.76 bits per heavy atom. The first-order valence-electron chi connectivity index (χ1n) is 5.15. The van der Waals surface area contributed by atoms with Gasteiger partial charge in [-0.05, 0) is 30.4 Å². The molecule has 0 radical (unpaired) electrons. The summed E-state index contributed by atoms with van der Waals surface area (Å²) in [4.78, 5) is 11.5. The minimum Gasteiger partial charge on any atom is -0.480 e. The Hall–Kier alpha value is -0.920. The lowest BCUT2D eigenvalue weighted by atomic mass is 10.2. The van der Waals surface area contributed by atoms with Crippen molar-refractivity contribution in [1.82, 2.24) is 4.72 Å². The zero-order valence-corrected chi connectivity index (χ0v) is 11.3. The molecule has 5 nitrogen and oxygen atoms in total. The van der Waals surface area contributed by atoms with Gasteiger partial charge in [0.2, 0.25) is 10.0 Å². The van der Waals surface area contributed by atoms with E-state index in [2.05, 4.69) is 4.72 Å². The number of carboxylic acids is 1. The second-order valence-electron chi connectivity index (χ2n) is 3.57. The third kappa shape index (κ3) is 3.52. The number of carboxylic acid groups (broad SMARTS) is 1. The van der Waals surface area contributed by atoms with E-state index in [1.807, 2.05) is 18.4 Å². The zero-order valence-electron chi connectivity index (χ0n) is 9.63. The van der Waals surface area contributed by atoms with Gasteiger partial charge in [0.15, 0.2) is 5.25 Å². The van der Waals surface area contributed by atoms with Crippen LogP contribution in [0.3, 0.4) is 0 Å². The van der Waals surface area contributed by atoms with E-state index in [4.69, 9.17) is 5.11 Å². The summed E-state index contributed by atoms with van der Waals surface area (Å²) in [6.45, 7) is 3.29. The standard InChI is InChI=1S/C10H15NO4S2/c1-3-8-4-5-16-9(8)6-11-17(14,15)7(2)10(12)13/h4-5,7,11H,3,6H2,1-2H3,(H,12,13). The van der Waals surface area contributed by atoms with Gasteiger partial charge in [0.05, 0.1) is 0 Å². The van der Waals surface area contributed by atoms with E-state index in [1.54, 1.807) is 0 Å². The van der Waals surface area contributed by atoms with Crippen molar-refractivity contribution in [3.63, 3.8) is 0 Å². The Balaban J connectivity index is 2.71. The van der Waals surface area contributed by atoms with Crippen LogP contribution in [0.1, 0.15) is 24.3 Å². The molecule has 0 saturated heterocycles. The summed E-state index contributed by atoms with van der Waals surface area (Å²) in [5.74, 6) is -1.35. The number of hydrogen-bond donors (Lipinski definition) is 2. The van der Waals surface area contributed by atoms with E-state index >= 15 is 0 Å². The summed E-state index contributed by atoms with van der Waals surface area (Å²) in [7, 11) is -3.80. The number of sulfonamides is 1. The predicted molar refractivity (Wildman–Crippen MR) is 66.6 cm³/mol. The van der Waals surface area contributed by atoms with Crippen molar-refractivity contribution in [3.8, 4) is 0 Å². The third-order valence-corrected chi connectivity index (χ3v) is 5.11. The van der Waals surface area contributed by atoms with E-state index < -0.39 is 21.2 Å². The van der Waals surface area contributed by atoms with Gasteiger partial charge in [-0.3, -0.25) is 4.79 Å². The van der Waals surface area contributed by atoms with Crippen molar-refractivity contribution < 1.29 is 18.3 Å². The van der Waals surface area contributed by atoms with E-state index in [-0.39, 0.29) is 6.54 Å². The maximum Gasteiger partial charge on any atom is 0.323 e. The largest absolute Gasteiger partial charge is 0.480 e. The lowest BCUT2D eigenvalue weighted by molar-refractivity contribution is -0.136. The van der Waals surface area contributed by atoms with Gasteiger partial charge in [-0.1, -0.05) is 6.92 Å². The van der Waals surface area contributed by atoms with E-state index in [0.29, 0.717) is 0 Å². The van der Waals surface area contributed by atoms with Crippen LogP contribution in [-0.4, -0.2) is 24.7 Å². The average molecular weight is 277 g/mol. The second kappa shape index (κ2) is 5.61. The maximum absolute atomic E-state index is 11.6. The van der Waals surface area contributed by atoms with Gasteiger partial charge in [-0.2, -0.15) is 0 Å². The van der Waals surface area contributed by atoms with Crippen LogP contribution in [0.2, 0.25) is 0 Å². The highest BCUT2D eigenvalue weighted by molar-refractivity contribution is 7.90. The SMILES string of the molecule is CCc1ccsc1CNS(=O)(=O)C(C)C(=O)O. The minimum atomic E-state index is -3.80. The fraction of sp³-hybridized carbons (Fsp3) is 0.500. The maximum atomic E-state index is 11.6. The molecule has 0 amide bonds. The van der Waals surface area contributed by atoms with Crippen LogP contribution >= 0.6 is 11.3 Å². The monoisotopic (exact) mass is 277 g/mol. The van der Waals surface area contributed by atoms with Gasteiger partial charge in [-0.25, -0.2) is 13.1 Å². The quantitative estimate of drug-likeness (QED) is 0.818. The van der Waals surface area contributed by atoms with Crippen LogP contribution in [-0.2, 0) is 27.8 Å². The van der Waals surface area contributed by atoms with Gasteiger partial charge in [-0.15, -0.1) is 11.3 Å². The first kappa shape index (κ1) is 14.1. The number of aliphatic carboxylic acids is 1. The van der Waals surface area contributed by atoms with E-state index in [0.717, 1.165) is 23.8 Å². The van der Waals surface area contributed by atoms with Crippen molar-refractivity contribution in [1.29, 1.82) is 0 Å². The lowest BCUT2D eigenvalue weighted by Gasteiger charge is -2.09. The molecule has 0 saturated carbocycles. The Kier molecular flexibility index (Phi) is 4.67. The van der Waals surface area contributed by atoms with Gasteiger partial charge in [0.1, 0.15) is 0 Å². The van der Waals surface area contributed by atoms with Crippen LogP contribution in [0.5, 0.6) is 0 Å². The molecule has 1 aromatic heterocycles. The molecular weight excluding hydrogens is 262 g/mol. The molecule has 1 unspecified atom stereocenters. The Morgan fingerprint density at radius 2 is 2.24 bits per heavy atom. The molecule has 0 bridgehead atoms. The fourth-order valence-electron chi connectivity index (χ4n) is 1.26. The van der Waals surface area contributed by atoms with Crippen molar-refractivity contribution in [2.24, 2.45) is 0 Å². The first-order chi connectivity index (χ1) is 7.88. The first-order valence-corrected chi connectivity index (χ1v) is 7.57. The molecule has 0 fully saturated rings. The lowest BCUT2D eigenvalue weighted by Crippen LogP contribution is -2.37. The Morgan fingerprint density at radius 1 is 1.59 bits per heavy atom. The molecule has 2 N–H and O–H groups in total. The molecule has 0 aromatic carbocycles. The number of carbonyl (C=O) groups is 1. The molecule has 1 rings (SSSR count). The second-order valence-corrected chi connectivity index (χ2v) is 6.66. The summed E-state index contributed by atoms with van der Waals surface area (Å²) in [6.07, 6.45) is 0.828. The highest BCUT2D eigenvalue weighted by Gasteiger charge is 2.27. The Bertz CT molecular complexity index is 492. The van der Waals surface area contributed by atoms with Crippen molar-refractivity contribution in [2.45, 2.75) is 32.1 Å². The van der Waals surface area contributed by atoms with Crippen LogP contribution in [0.25, 0.3) is 0 Å². The summed E-state index contributed by atoms with van der Waals surface area (Å²) in [5.41, 5.74) is 1.08. The normalized spacial score (nSPS) is 13.5. The highest BCUT2D eigenvalue weighted by Crippen LogP contribution is 2.17. The number of rotatable bonds is 6. The summed E-state index contributed by atoms with van der Waals surface area (Å²) in [5, 5.41) is 9.11. The predicted octanol–water partition coefficient (Wildman–Crippen LogP) is 1.20. The summed E-state index contributed by atoms with van der Waals surface area (Å²) < 4.78 is 25.5. The summed E-state index contributed by atoms with van der Waals surface area (Å²) in [6, 6.07) is 1.94. The zero-order chi connectivity index (χ0) is 13.1. The van der Waals surface area contributed by atoms with E-state index in [1.165, 1.54) is 11.3 Å². The molecule has 1 heterocycles. The van der Waals surface area contributed by atoms with Crippen LogP contribution < -0.4 is 4.72 Å². The highest BCUT2D eigenvalue weighted by atomic mass is 32.2. The molecule has 0 aliphatic carbocycles. The van der Waals surface area contributed by atoms with E-state index in [9.17, 15) is 13.2 Å². The van der Waals surface area contributed by atoms with Gasteiger partial charge in [0.25, 0.3) is 0 Å². The van der Waals surface area contributed by atoms with Crippen molar-refractivity contribution in [2.75, 3.05) is 0 Å². The molecule has 0 aliphatic rings. The molecule has 0 spiro atoms. The molecule has 96 valence electrons. The number of nitrogens with one attached hydrogen (secondary N) is 1. The molecular formula is C10H15NO4S2. The topological polar surface area (TPSA) is 83.5 Å². The fourth-order valence-corrected chi connectivity index (χ4v) is 3.13. The van der Waals surface area contributed by atoms with Crippen molar-refractivity contribution >= 4 is 27.3 Å². The molecule has 17 heavy (non-hydrogen) atoms. The smallest absolute Gasteiger partial charge is 0.323 e. The van der Waals surface area contributed by atoms with Gasteiger partial charge >= 0.3 is 5.97 Å². The third-order valence-electron chi connectivity index (χ3n) is 2.47. The number of thiophene rings is 1. The van der Waals surface area contributed by atoms with Crippen LogP contribution in [0, 0.1) is 0 Å². The van der Waals surface area contributed by atoms with Gasteiger partial charge < -0.3 is 5.11 Å². The molecule has 7 heteroatoms. The molecule has 1 aromatic rings. The van der Waals surface area contributed by atoms with Crippen LogP contribution in [0.4, 0.5) is 0 Å². The summed E-state index contributed by atoms with van der Waals surface area (Å²) >= 11 is 1.46. The molecule has 1 atom stereocenters. The number of hydrogen-bond acceptors (Lipinski definition) is 4. The average Bonchev–Trinajstić information content (AvgIpc) is 2.72. The number of aryl methyl sites for hydroxylation is 1. The van der Waals surface area contributed by atoms with Crippen molar-refractivity contribution in [3.05, 3.63) is 21.9 Å². The molecule has 0 aliphatic heterocycles.